The molecule has 0 aromatic heterocycles. The van der Waals surface area contributed by atoms with E-state index in [2.05, 4.69) is 15.0 Å². The highest BCUT2D eigenvalue weighted by molar-refractivity contribution is 14.0. The van der Waals surface area contributed by atoms with Crippen LogP contribution in [0.25, 0.3) is 0 Å². The molecule has 0 spiro atoms. The Morgan fingerprint density at radius 3 is 2.38 bits per heavy atom. The number of methoxy groups -OCH3 is 1. The lowest BCUT2D eigenvalue weighted by atomic mass is 10.1. The molecule has 0 aliphatic heterocycles. The van der Waals surface area contributed by atoms with Crippen molar-refractivity contribution in [3.8, 4) is 11.5 Å². The van der Waals surface area contributed by atoms with Gasteiger partial charge in [-0.1, -0.05) is 12.1 Å². The largest absolute Gasteiger partial charge is 0.573 e. The molecule has 142 valence electrons. The first-order chi connectivity index (χ1) is 11.8. The summed E-state index contributed by atoms with van der Waals surface area (Å²) in [5.41, 5.74) is 8.22. The van der Waals surface area contributed by atoms with Crippen LogP contribution in [-0.4, -0.2) is 19.4 Å². The lowest BCUT2D eigenvalue weighted by molar-refractivity contribution is -0.274. The standard InChI is InChI=1S/C17H18F3N3O2.HI/c1-11-3-4-12(9-15(11)24-2)10-22-16(21)23-13-5-7-14(8-6-13)25-17(18,19)20;/h3-9H,10H2,1-2H3,(H3,21,22,23);1H. The zero-order valence-electron chi connectivity index (χ0n) is 14.1. The van der Waals surface area contributed by atoms with Crippen LogP contribution >= 0.6 is 24.0 Å². The number of rotatable bonds is 5. The smallest absolute Gasteiger partial charge is 0.496 e. The molecular formula is C17H19F3IN3O2. The molecule has 2 rings (SSSR count). The molecule has 0 heterocycles. The number of ether oxygens (including phenoxy) is 2. The second-order valence-electron chi connectivity index (χ2n) is 5.20. The van der Waals surface area contributed by atoms with E-state index >= 15 is 0 Å². The summed E-state index contributed by atoms with van der Waals surface area (Å²) in [7, 11) is 1.59. The maximum atomic E-state index is 12.1. The zero-order chi connectivity index (χ0) is 18.4. The third-order valence-corrected chi connectivity index (χ3v) is 3.26. The van der Waals surface area contributed by atoms with E-state index in [0.717, 1.165) is 16.9 Å². The van der Waals surface area contributed by atoms with Gasteiger partial charge in [0, 0.05) is 5.69 Å². The number of nitrogens with two attached hydrogens (primary N) is 1. The topological polar surface area (TPSA) is 68.9 Å². The van der Waals surface area contributed by atoms with Gasteiger partial charge in [-0.2, -0.15) is 0 Å². The van der Waals surface area contributed by atoms with Crippen LogP contribution in [0.3, 0.4) is 0 Å². The Balaban J connectivity index is 0.00000338. The van der Waals surface area contributed by atoms with Crippen LogP contribution in [0.4, 0.5) is 18.9 Å². The van der Waals surface area contributed by atoms with Crippen molar-refractivity contribution in [3.63, 3.8) is 0 Å². The summed E-state index contributed by atoms with van der Waals surface area (Å²) in [4.78, 5) is 4.19. The first kappa shape index (κ1) is 21.9. The normalized spacial score (nSPS) is 11.5. The molecule has 0 aliphatic rings. The fourth-order valence-electron chi connectivity index (χ4n) is 2.07. The number of anilines is 1. The summed E-state index contributed by atoms with van der Waals surface area (Å²) in [6.45, 7) is 2.28. The monoisotopic (exact) mass is 481 g/mol. The van der Waals surface area contributed by atoms with Gasteiger partial charge in [-0.05, 0) is 48.4 Å². The molecule has 0 fully saturated rings. The van der Waals surface area contributed by atoms with E-state index in [9.17, 15) is 13.2 Å². The Morgan fingerprint density at radius 2 is 1.81 bits per heavy atom. The molecule has 0 unspecified atom stereocenters. The van der Waals surface area contributed by atoms with Crippen molar-refractivity contribution in [2.24, 2.45) is 10.7 Å². The van der Waals surface area contributed by atoms with Gasteiger partial charge in [-0.15, -0.1) is 37.1 Å². The van der Waals surface area contributed by atoms with E-state index in [4.69, 9.17) is 10.5 Å². The first-order valence-corrected chi connectivity index (χ1v) is 7.33. The van der Waals surface area contributed by atoms with Crippen molar-refractivity contribution in [2.45, 2.75) is 19.8 Å². The van der Waals surface area contributed by atoms with Crippen LogP contribution in [0.15, 0.2) is 47.5 Å². The molecule has 3 N–H and O–H groups in total. The van der Waals surface area contributed by atoms with Crippen molar-refractivity contribution >= 4 is 35.6 Å². The van der Waals surface area contributed by atoms with E-state index < -0.39 is 6.36 Å². The van der Waals surface area contributed by atoms with Gasteiger partial charge in [-0.25, -0.2) is 4.99 Å². The van der Waals surface area contributed by atoms with Gasteiger partial charge in [0.15, 0.2) is 5.96 Å². The van der Waals surface area contributed by atoms with Gasteiger partial charge in [0.05, 0.1) is 13.7 Å². The highest BCUT2D eigenvalue weighted by Crippen LogP contribution is 2.24. The number of alkyl halides is 3. The van der Waals surface area contributed by atoms with Crippen LogP contribution in [0.1, 0.15) is 11.1 Å². The maximum absolute atomic E-state index is 12.1. The van der Waals surface area contributed by atoms with E-state index in [1.54, 1.807) is 7.11 Å². The van der Waals surface area contributed by atoms with Crippen molar-refractivity contribution in [1.82, 2.24) is 0 Å². The summed E-state index contributed by atoms with van der Waals surface area (Å²) < 4.78 is 45.4. The molecule has 5 nitrogen and oxygen atoms in total. The number of aliphatic imine (C=N–C) groups is 1. The van der Waals surface area contributed by atoms with E-state index in [1.807, 2.05) is 25.1 Å². The molecule has 0 amide bonds. The van der Waals surface area contributed by atoms with Crippen LogP contribution in [0, 0.1) is 6.92 Å². The molecule has 0 bridgehead atoms. The highest BCUT2D eigenvalue weighted by atomic mass is 127. The van der Waals surface area contributed by atoms with E-state index in [0.29, 0.717) is 12.2 Å². The van der Waals surface area contributed by atoms with Gasteiger partial charge in [-0.3, -0.25) is 0 Å². The average molecular weight is 481 g/mol. The minimum Gasteiger partial charge on any atom is -0.496 e. The number of nitrogens with zero attached hydrogens (tertiary/aromatic N) is 1. The predicted molar refractivity (Wildman–Crippen MR) is 105 cm³/mol. The molecule has 2 aromatic carbocycles. The lowest BCUT2D eigenvalue weighted by Crippen LogP contribution is -2.22. The third-order valence-electron chi connectivity index (χ3n) is 3.26. The number of hydrogen-bond acceptors (Lipinski definition) is 3. The molecule has 2 aromatic rings. The van der Waals surface area contributed by atoms with Gasteiger partial charge >= 0.3 is 6.36 Å². The molecule has 0 atom stereocenters. The second kappa shape index (κ2) is 9.51. The Labute approximate surface area is 166 Å². The van der Waals surface area contributed by atoms with Crippen LogP contribution in [0.2, 0.25) is 0 Å². The van der Waals surface area contributed by atoms with Crippen molar-refractivity contribution in [3.05, 3.63) is 53.6 Å². The molecule has 0 aliphatic carbocycles. The summed E-state index contributed by atoms with van der Waals surface area (Å²) in [5, 5.41) is 2.80. The molecular weight excluding hydrogens is 462 g/mol. The first-order valence-electron chi connectivity index (χ1n) is 7.33. The summed E-state index contributed by atoms with van der Waals surface area (Å²) in [5.74, 6) is 0.601. The average Bonchev–Trinajstić information content (AvgIpc) is 2.54. The van der Waals surface area contributed by atoms with Crippen molar-refractivity contribution in [2.75, 3.05) is 12.4 Å². The van der Waals surface area contributed by atoms with E-state index in [1.165, 1.54) is 24.3 Å². The minimum atomic E-state index is -4.72. The second-order valence-corrected chi connectivity index (χ2v) is 5.20. The fourth-order valence-corrected chi connectivity index (χ4v) is 2.07. The van der Waals surface area contributed by atoms with Crippen molar-refractivity contribution in [1.29, 1.82) is 0 Å². The number of benzene rings is 2. The SMILES string of the molecule is COc1cc(CN=C(N)Nc2ccc(OC(F)(F)F)cc2)ccc1C.I. The van der Waals surface area contributed by atoms with Gasteiger partial charge < -0.3 is 20.5 Å². The number of nitrogens with one attached hydrogen (secondary N) is 1. The summed E-state index contributed by atoms with van der Waals surface area (Å²) in [6, 6.07) is 10.9. The molecule has 0 radical (unpaired) electrons. The Morgan fingerprint density at radius 1 is 1.15 bits per heavy atom. The quantitative estimate of drug-likeness (QED) is 0.377. The van der Waals surface area contributed by atoms with Crippen LogP contribution < -0.4 is 20.5 Å². The Kier molecular flexibility index (Phi) is 8.00. The Bertz CT molecular complexity index is 750. The molecule has 0 saturated heterocycles. The number of hydrogen-bond donors (Lipinski definition) is 2. The molecule has 0 saturated carbocycles. The third kappa shape index (κ3) is 6.98. The number of guanidine groups is 1. The predicted octanol–water partition coefficient (Wildman–Crippen LogP) is 4.45. The van der Waals surface area contributed by atoms with Crippen LogP contribution in [-0.2, 0) is 6.54 Å². The molecule has 26 heavy (non-hydrogen) atoms. The maximum Gasteiger partial charge on any atom is 0.573 e. The Hall–Kier alpha value is -2.17. The highest BCUT2D eigenvalue weighted by Gasteiger charge is 2.30. The fraction of sp³-hybridized carbons (Fsp3) is 0.235. The number of halogens is 4. The lowest BCUT2D eigenvalue weighted by Gasteiger charge is -2.10. The van der Waals surface area contributed by atoms with Gasteiger partial charge in [0.2, 0.25) is 0 Å². The molecule has 9 heteroatoms. The minimum absolute atomic E-state index is 0. The summed E-state index contributed by atoms with van der Waals surface area (Å²) in [6.07, 6.45) is -4.72. The van der Waals surface area contributed by atoms with E-state index in [-0.39, 0.29) is 35.7 Å². The zero-order valence-corrected chi connectivity index (χ0v) is 16.5. The summed E-state index contributed by atoms with van der Waals surface area (Å²) >= 11 is 0. The number of aryl methyl sites for hydroxylation is 1. The van der Waals surface area contributed by atoms with Crippen molar-refractivity contribution < 1.29 is 22.6 Å². The van der Waals surface area contributed by atoms with Gasteiger partial charge in [0.1, 0.15) is 11.5 Å². The van der Waals surface area contributed by atoms with Gasteiger partial charge in [0.25, 0.3) is 0 Å². The van der Waals surface area contributed by atoms with Crippen LogP contribution in [0.5, 0.6) is 11.5 Å².